The minimum absolute atomic E-state index is 0.0198. The van der Waals surface area contributed by atoms with Gasteiger partial charge in [-0.05, 0) is 51.7 Å². The van der Waals surface area contributed by atoms with Crippen molar-refractivity contribution in [2.24, 2.45) is 0 Å². The van der Waals surface area contributed by atoms with Crippen LogP contribution in [0.5, 0.6) is 0 Å². The van der Waals surface area contributed by atoms with E-state index in [1.165, 1.54) is 0 Å². The summed E-state index contributed by atoms with van der Waals surface area (Å²) in [5.41, 5.74) is 1.97. The molecule has 0 radical (unpaired) electrons. The van der Waals surface area contributed by atoms with Gasteiger partial charge in [-0.1, -0.05) is 60.7 Å². The van der Waals surface area contributed by atoms with Gasteiger partial charge in [-0.25, -0.2) is 0 Å². The average molecular weight is 417 g/mol. The van der Waals surface area contributed by atoms with Gasteiger partial charge < -0.3 is 16.0 Å². The topological polar surface area (TPSA) is 77.0 Å². The van der Waals surface area contributed by atoms with E-state index in [-0.39, 0.29) is 34.6 Å². The van der Waals surface area contributed by atoms with E-state index >= 15 is 0 Å². The Morgan fingerprint density at radius 2 is 1.48 bits per heavy atom. The molecule has 5 nitrogen and oxygen atoms in total. The molecule has 31 heavy (non-hydrogen) atoms. The lowest BCUT2D eigenvalue weighted by atomic mass is 9.79. The number of nitriles is 1. The van der Waals surface area contributed by atoms with Crippen molar-refractivity contribution >= 4 is 5.91 Å². The van der Waals surface area contributed by atoms with Crippen molar-refractivity contribution in [1.82, 2.24) is 16.0 Å². The first-order valence-corrected chi connectivity index (χ1v) is 10.8. The molecule has 1 heterocycles. The Kier molecular flexibility index (Phi) is 6.82. The van der Waals surface area contributed by atoms with Crippen LogP contribution in [0.15, 0.2) is 72.4 Å². The number of amides is 1. The molecule has 2 aromatic carbocycles. The second-order valence-electron chi connectivity index (χ2n) is 9.56. The highest BCUT2D eigenvalue weighted by molar-refractivity contribution is 5.97. The number of benzene rings is 2. The standard InChI is InChI=1S/C26H32N4O/c1-25(2)15-22(16-26(3,4)30-25)28-18-21(17-27)24(31)29-23(19-11-7-5-8-12-19)20-13-9-6-10-14-20/h5-14,18,22-23,28,30H,15-16H2,1-4H3,(H,29,31)/b21-18-. The Morgan fingerprint density at radius 3 is 1.94 bits per heavy atom. The Balaban J connectivity index is 1.77. The molecule has 3 N–H and O–H groups in total. The van der Waals surface area contributed by atoms with Gasteiger partial charge in [-0.15, -0.1) is 0 Å². The lowest BCUT2D eigenvalue weighted by Crippen LogP contribution is -2.61. The maximum Gasteiger partial charge on any atom is 0.264 e. The monoisotopic (exact) mass is 416 g/mol. The summed E-state index contributed by atoms with van der Waals surface area (Å²) in [7, 11) is 0. The molecule has 1 aliphatic heterocycles. The summed E-state index contributed by atoms with van der Waals surface area (Å²) in [6.45, 7) is 8.70. The van der Waals surface area contributed by atoms with Crippen molar-refractivity contribution in [3.63, 3.8) is 0 Å². The first-order valence-electron chi connectivity index (χ1n) is 10.8. The Hall–Kier alpha value is -3.10. The molecule has 0 bridgehead atoms. The predicted octanol–water partition coefficient (Wildman–Crippen LogP) is 4.20. The van der Waals surface area contributed by atoms with Crippen LogP contribution in [0, 0.1) is 11.3 Å². The van der Waals surface area contributed by atoms with E-state index in [0.29, 0.717) is 0 Å². The summed E-state index contributed by atoms with van der Waals surface area (Å²) in [5, 5.41) is 19.7. The Morgan fingerprint density at radius 1 is 1.00 bits per heavy atom. The minimum Gasteiger partial charge on any atom is -0.387 e. The molecule has 0 spiro atoms. The van der Waals surface area contributed by atoms with Gasteiger partial charge in [0.2, 0.25) is 0 Å². The number of nitrogens with one attached hydrogen (secondary N) is 3. The third kappa shape index (κ3) is 6.19. The van der Waals surface area contributed by atoms with Crippen LogP contribution in [0.3, 0.4) is 0 Å². The first kappa shape index (κ1) is 22.6. The van der Waals surface area contributed by atoms with Gasteiger partial charge in [-0.2, -0.15) is 5.26 Å². The number of hydrogen-bond donors (Lipinski definition) is 3. The smallest absolute Gasteiger partial charge is 0.264 e. The number of piperidine rings is 1. The van der Waals surface area contributed by atoms with Crippen LogP contribution in [0.1, 0.15) is 57.7 Å². The fraction of sp³-hybridized carbons (Fsp3) is 0.385. The molecule has 0 saturated carbocycles. The molecule has 162 valence electrons. The third-order valence-corrected chi connectivity index (χ3v) is 5.56. The molecular weight excluding hydrogens is 384 g/mol. The van der Waals surface area contributed by atoms with E-state index in [1.54, 1.807) is 6.20 Å². The minimum atomic E-state index is -0.389. The molecule has 0 atom stereocenters. The van der Waals surface area contributed by atoms with Gasteiger partial charge in [-0.3, -0.25) is 4.79 Å². The van der Waals surface area contributed by atoms with Crippen LogP contribution in [-0.4, -0.2) is 23.0 Å². The quantitative estimate of drug-likeness (QED) is 0.487. The lowest BCUT2D eigenvalue weighted by molar-refractivity contribution is -0.117. The molecule has 0 unspecified atom stereocenters. The molecule has 5 heteroatoms. The number of rotatable bonds is 6. The van der Waals surface area contributed by atoms with Crippen LogP contribution in [0.4, 0.5) is 0 Å². The zero-order valence-corrected chi connectivity index (χ0v) is 18.8. The van der Waals surface area contributed by atoms with E-state index in [0.717, 1.165) is 24.0 Å². The van der Waals surface area contributed by atoms with E-state index in [1.807, 2.05) is 60.7 Å². The number of carbonyl (C=O) groups is 1. The third-order valence-electron chi connectivity index (χ3n) is 5.56. The Bertz CT molecular complexity index is 902. The molecule has 1 amide bonds. The maximum absolute atomic E-state index is 13.0. The summed E-state index contributed by atoms with van der Waals surface area (Å²) >= 11 is 0. The molecule has 2 aromatic rings. The van der Waals surface area contributed by atoms with Crippen LogP contribution < -0.4 is 16.0 Å². The Labute approximate surface area is 185 Å². The van der Waals surface area contributed by atoms with E-state index in [2.05, 4.69) is 49.7 Å². The summed E-state index contributed by atoms with van der Waals surface area (Å²) < 4.78 is 0. The largest absolute Gasteiger partial charge is 0.387 e. The molecule has 0 aromatic heterocycles. The van der Waals surface area contributed by atoms with Crippen molar-refractivity contribution in [1.29, 1.82) is 5.26 Å². The highest BCUT2D eigenvalue weighted by atomic mass is 16.1. The molecule has 1 aliphatic rings. The van der Waals surface area contributed by atoms with E-state index in [9.17, 15) is 10.1 Å². The highest BCUT2D eigenvalue weighted by Gasteiger charge is 2.37. The van der Waals surface area contributed by atoms with Crippen LogP contribution >= 0.6 is 0 Å². The lowest BCUT2D eigenvalue weighted by Gasteiger charge is -2.46. The predicted molar refractivity (Wildman–Crippen MR) is 124 cm³/mol. The normalized spacial score (nSPS) is 18.3. The van der Waals surface area contributed by atoms with Crippen molar-refractivity contribution in [3.05, 3.63) is 83.6 Å². The summed E-state index contributed by atoms with van der Waals surface area (Å²) in [5.74, 6) is -0.389. The van der Waals surface area contributed by atoms with Crippen molar-refractivity contribution in [2.75, 3.05) is 0 Å². The number of hydrogen-bond acceptors (Lipinski definition) is 4. The molecule has 1 fully saturated rings. The van der Waals surface area contributed by atoms with Crippen molar-refractivity contribution in [2.45, 2.75) is 63.7 Å². The van der Waals surface area contributed by atoms with Crippen LogP contribution in [0.25, 0.3) is 0 Å². The van der Waals surface area contributed by atoms with Gasteiger partial charge in [0.15, 0.2) is 0 Å². The van der Waals surface area contributed by atoms with E-state index < -0.39 is 0 Å². The molecule has 1 saturated heterocycles. The summed E-state index contributed by atoms with van der Waals surface area (Å²) in [6, 6.07) is 21.5. The summed E-state index contributed by atoms with van der Waals surface area (Å²) in [6.07, 6.45) is 3.39. The zero-order chi connectivity index (χ0) is 22.5. The number of nitrogens with zero attached hydrogens (tertiary/aromatic N) is 1. The van der Waals surface area contributed by atoms with Gasteiger partial charge in [0, 0.05) is 23.3 Å². The van der Waals surface area contributed by atoms with Gasteiger partial charge >= 0.3 is 0 Å². The van der Waals surface area contributed by atoms with Crippen molar-refractivity contribution in [3.8, 4) is 6.07 Å². The fourth-order valence-electron chi connectivity index (χ4n) is 4.65. The van der Waals surface area contributed by atoms with Crippen LogP contribution in [-0.2, 0) is 4.79 Å². The van der Waals surface area contributed by atoms with Crippen LogP contribution in [0.2, 0.25) is 0 Å². The van der Waals surface area contributed by atoms with E-state index in [4.69, 9.17) is 0 Å². The molecule has 0 aliphatic carbocycles. The fourth-order valence-corrected chi connectivity index (χ4v) is 4.65. The molecule has 3 rings (SSSR count). The SMILES string of the molecule is CC1(C)CC(N/C=C(/C#N)C(=O)NC(c2ccccc2)c2ccccc2)CC(C)(C)N1. The second-order valence-corrected chi connectivity index (χ2v) is 9.56. The van der Waals surface area contributed by atoms with Gasteiger partial charge in [0.25, 0.3) is 5.91 Å². The van der Waals surface area contributed by atoms with Crippen molar-refractivity contribution < 1.29 is 4.79 Å². The second kappa shape index (κ2) is 9.36. The highest BCUT2D eigenvalue weighted by Crippen LogP contribution is 2.28. The summed E-state index contributed by atoms with van der Waals surface area (Å²) in [4.78, 5) is 13.0. The first-order chi connectivity index (χ1) is 14.7. The average Bonchev–Trinajstić information content (AvgIpc) is 2.71. The number of carbonyl (C=O) groups excluding carboxylic acids is 1. The maximum atomic E-state index is 13.0. The molecular formula is C26H32N4O. The zero-order valence-electron chi connectivity index (χ0n) is 18.8. The van der Waals surface area contributed by atoms with Gasteiger partial charge in [0.1, 0.15) is 11.6 Å². The van der Waals surface area contributed by atoms with Gasteiger partial charge in [0.05, 0.1) is 6.04 Å².